The molecule has 0 spiro atoms. The Hall–Kier alpha value is -2.28. The fourth-order valence-corrected chi connectivity index (χ4v) is 1.93. The van der Waals surface area contributed by atoms with Crippen LogP contribution in [-0.2, 0) is 13.0 Å². The van der Waals surface area contributed by atoms with Gasteiger partial charge in [0.15, 0.2) is 0 Å². The molecule has 2 aromatic carbocycles. The van der Waals surface area contributed by atoms with Crippen molar-refractivity contribution < 1.29 is 14.9 Å². The lowest BCUT2D eigenvalue weighted by Gasteiger charge is -2.07. The molecule has 2 rings (SSSR count). The van der Waals surface area contributed by atoms with E-state index in [1.165, 1.54) is 0 Å². The van der Waals surface area contributed by atoms with Gasteiger partial charge in [-0.2, -0.15) is 0 Å². The zero-order valence-corrected chi connectivity index (χ0v) is 11.7. The topological polar surface area (TPSA) is 49.7 Å². The van der Waals surface area contributed by atoms with Crippen LogP contribution in [0.1, 0.15) is 16.7 Å². The van der Waals surface area contributed by atoms with E-state index in [0.29, 0.717) is 13.0 Å². The minimum Gasteiger partial charge on any atom is -0.489 e. The molecule has 0 amide bonds. The van der Waals surface area contributed by atoms with Gasteiger partial charge in [-0.25, -0.2) is 0 Å². The summed E-state index contributed by atoms with van der Waals surface area (Å²) >= 11 is 0. The summed E-state index contributed by atoms with van der Waals surface area (Å²) in [6, 6.07) is 15.5. The standard InChI is InChI=1S/C18H18O3/c19-11-2-5-16-3-1-4-17(13-16)14-21-18-8-6-15(7-9-18)10-12-20/h1,3-4,6-9,13,19-20H,10-12,14H2. The Morgan fingerprint density at radius 2 is 1.76 bits per heavy atom. The molecule has 2 N–H and O–H groups in total. The van der Waals surface area contributed by atoms with E-state index in [2.05, 4.69) is 11.8 Å². The molecule has 0 radical (unpaired) electrons. The summed E-state index contributed by atoms with van der Waals surface area (Å²) in [7, 11) is 0. The van der Waals surface area contributed by atoms with Crippen LogP contribution in [0, 0.1) is 11.8 Å². The maximum Gasteiger partial charge on any atom is 0.119 e. The molecule has 0 saturated heterocycles. The van der Waals surface area contributed by atoms with Crippen molar-refractivity contribution in [3.63, 3.8) is 0 Å². The molecule has 21 heavy (non-hydrogen) atoms. The maximum absolute atomic E-state index is 8.87. The van der Waals surface area contributed by atoms with Gasteiger partial charge in [0, 0.05) is 12.2 Å². The quantitative estimate of drug-likeness (QED) is 0.826. The summed E-state index contributed by atoms with van der Waals surface area (Å²) in [4.78, 5) is 0. The van der Waals surface area contributed by atoms with Crippen LogP contribution in [0.4, 0.5) is 0 Å². The fourth-order valence-electron chi connectivity index (χ4n) is 1.93. The van der Waals surface area contributed by atoms with Crippen LogP contribution in [-0.4, -0.2) is 23.4 Å². The van der Waals surface area contributed by atoms with Gasteiger partial charge in [0.1, 0.15) is 19.0 Å². The summed E-state index contributed by atoms with van der Waals surface area (Å²) < 4.78 is 5.72. The second kappa shape index (κ2) is 8.11. The van der Waals surface area contributed by atoms with Crippen LogP contribution < -0.4 is 4.74 Å². The minimum atomic E-state index is -0.138. The third-order valence-electron chi connectivity index (χ3n) is 2.97. The van der Waals surface area contributed by atoms with Gasteiger partial charge >= 0.3 is 0 Å². The van der Waals surface area contributed by atoms with Crippen molar-refractivity contribution in [2.24, 2.45) is 0 Å². The van der Waals surface area contributed by atoms with E-state index in [0.717, 1.165) is 22.4 Å². The zero-order chi connectivity index (χ0) is 14.9. The van der Waals surface area contributed by atoms with E-state index in [9.17, 15) is 0 Å². The van der Waals surface area contributed by atoms with Crippen molar-refractivity contribution >= 4 is 0 Å². The Balaban J connectivity index is 1.96. The van der Waals surface area contributed by atoms with Crippen molar-refractivity contribution in [1.29, 1.82) is 0 Å². The number of benzene rings is 2. The van der Waals surface area contributed by atoms with Crippen molar-refractivity contribution in [2.45, 2.75) is 13.0 Å². The Bertz CT molecular complexity index is 621. The van der Waals surface area contributed by atoms with E-state index in [-0.39, 0.29) is 13.2 Å². The third kappa shape index (κ3) is 4.96. The average molecular weight is 282 g/mol. The first kappa shape index (κ1) is 15.1. The van der Waals surface area contributed by atoms with Gasteiger partial charge in [0.2, 0.25) is 0 Å². The number of ether oxygens (including phenoxy) is 1. The van der Waals surface area contributed by atoms with Gasteiger partial charge in [0.25, 0.3) is 0 Å². The van der Waals surface area contributed by atoms with Gasteiger partial charge in [0.05, 0.1) is 0 Å². The number of aliphatic hydroxyl groups excluding tert-OH is 2. The molecule has 0 aromatic heterocycles. The fraction of sp³-hybridized carbons (Fsp3) is 0.222. The van der Waals surface area contributed by atoms with Crippen LogP contribution in [0.3, 0.4) is 0 Å². The van der Waals surface area contributed by atoms with Gasteiger partial charge in [-0.15, -0.1) is 0 Å². The summed E-state index contributed by atoms with van der Waals surface area (Å²) in [5.41, 5.74) is 2.98. The normalized spacial score (nSPS) is 9.81. The molecule has 2 aromatic rings. The molecule has 3 heteroatoms. The van der Waals surface area contributed by atoms with E-state index >= 15 is 0 Å². The summed E-state index contributed by atoms with van der Waals surface area (Å²) in [6.45, 7) is 0.483. The van der Waals surface area contributed by atoms with Gasteiger partial charge in [-0.3, -0.25) is 0 Å². The van der Waals surface area contributed by atoms with Crippen molar-refractivity contribution in [1.82, 2.24) is 0 Å². The van der Waals surface area contributed by atoms with Crippen LogP contribution >= 0.6 is 0 Å². The Kier molecular flexibility index (Phi) is 5.83. The Morgan fingerprint density at radius 1 is 0.952 bits per heavy atom. The van der Waals surface area contributed by atoms with Crippen molar-refractivity contribution in [2.75, 3.05) is 13.2 Å². The second-order valence-electron chi connectivity index (χ2n) is 4.57. The van der Waals surface area contributed by atoms with Gasteiger partial charge < -0.3 is 14.9 Å². The van der Waals surface area contributed by atoms with Crippen LogP contribution in [0.2, 0.25) is 0 Å². The lowest BCUT2D eigenvalue weighted by atomic mass is 10.1. The molecular weight excluding hydrogens is 264 g/mol. The largest absolute Gasteiger partial charge is 0.489 e. The van der Waals surface area contributed by atoms with Gasteiger partial charge in [-0.05, 0) is 41.8 Å². The highest BCUT2D eigenvalue weighted by molar-refractivity contribution is 5.37. The average Bonchev–Trinajstić information content (AvgIpc) is 2.53. The molecule has 108 valence electrons. The second-order valence-corrected chi connectivity index (χ2v) is 4.57. The highest BCUT2D eigenvalue weighted by atomic mass is 16.5. The minimum absolute atomic E-state index is 0.138. The van der Waals surface area contributed by atoms with Crippen LogP contribution in [0.5, 0.6) is 5.75 Å². The first-order valence-electron chi connectivity index (χ1n) is 6.83. The number of hydrogen-bond donors (Lipinski definition) is 2. The first-order valence-corrected chi connectivity index (χ1v) is 6.83. The highest BCUT2D eigenvalue weighted by Gasteiger charge is 1.98. The Morgan fingerprint density at radius 3 is 2.48 bits per heavy atom. The van der Waals surface area contributed by atoms with E-state index in [1.54, 1.807) is 0 Å². The molecule has 0 heterocycles. The lowest BCUT2D eigenvalue weighted by molar-refractivity contribution is 0.298. The lowest BCUT2D eigenvalue weighted by Crippen LogP contribution is -1.96. The smallest absolute Gasteiger partial charge is 0.119 e. The first-order chi connectivity index (χ1) is 10.3. The molecule has 3 nitrogen and oxygen atoms in total. The Labute approximate surface area is 124 Å². The summed E-state index contributed by atoms with van der Waals surface area (Å²) in [5, 5.41) is 17.6. The molecule has 0 saturated carbocycles. The van der Waals surface area contributed by atoms with Crippen LogP contribution in [0.15, 0.2) is 48.5 Å². The van der Waals surface area contributed by atoms with Crippen molar-refractivity contribution in [3.05, 3.63) is 65.2 Å². The summed E-state index contributed by atoms with van der Waals surface area (Å²) in [6.07, 6.45) is 0.659. The maximum atomic E-state index is 8.87. The van der Waals surface area contributed by atoms with Gasteiger partial charge in [-0.1, -0.05) is 36.1 Å². The molecule has 0 aliphatic heterocycles. The van der Waals surface area contributed by atoms with E-state index < -0.39 is 0 Å². The van der Waals surface area contributed by atoms with Crippen LogP contribution in [0.25, 0.3) is 0 Å². The zero-order valence-electron chi connectivity index (χ0n) is 11.7. The molecule has 0 aliphatic carbocycles. The third-order valence-corrected chi connectivity index (χ3v) is 2.97. The van der Waals surface area contributed by atoms with E-state index in [1.807, 2.05) is 48.5 Å². The van der Waals surface area contributed by atoms with E-state index in [4.69, 9.17) is 14.9 Å². The SMILES string of the molecule is OCC#Cc1cccc(COc2ccc(CCO)cc2)c1. The molecule has 0 atom stereocenters. The molecule has 0 aliphatic rings. The number of rotatable bonds is 5. The molecular formula is C18H18O3. The molecule has 0 fully saturated rings. The number of hydrogen-bond acceptors (Lipinski definition) is 3. The predicted octanol–water partition coefficient (Wildman–Crippen LogP) is 2.14. The monoisotopic (exact) mass is 282 g/mol. The molecule has 0 bridgehead atoms. The summed E-state index contributed by atoms with van der Waals surface area (Å²) in [5.74, 6) is 6.30. The van der Waals surface area contributed by atoms with Crippen molar-refractivity contribution in [3.8, 4) is 17.6 Å². The molecule has 0 unspecified atom stereocenters. The predicted molar refractivity (Wildman–Crippen MR) is 82.0 cm³/mol. The number of aliphatic hydroxyl groups is 2. The highest BCUT2D eigenvalue weighted by Crippen LogP contribution is 2.15.